The Hall–Kier alpha value is -1.40. The van der Waals surface area contributed by atoms with E-state index >= 15 is 0 Å². The van der Waals surface area contributed by atoms with Crippen molar-refractivity contribution in [1.29, 1.82) is 0 Å². The minimum Gasteiger partial charge on any atom is -0.350 e. The molecule has 0 aliphatic carbocycles. The number of likely N-dealkylation sites (N-methyl/N-ethyl adjacent to an activating group) is 1. The van der Waals surface area contributed by atoms with Gasteiger partial charge in [-0.2, -0.15) is 0 Å². The largest absolute Gasteiger partial charge is 0.350 e. The smallest absolute Gasteiger partial charge is 0.263 e. The van der Waals surface area contributed by atoms with Crippen molar-refractivity contribution in [2.75, 3.05) is 26.7 Å². The number of piperidine rings is 1. The number of rotatable bonds is 4. The fourth-order valence-electron chi connectivity index (χ4n) is 2.27. The van der Waals surface area contributed by atoms with Gasteiger partial charge in [0, 0.05) is 19.1 Å². The summed E-state index contributed by atoms with van der Waals surface area (Å²) in [4.78, 5) is 26.4. The van der Waals surface area contributed by atoms with E-state index in [9.17, 15) is 9.59 Å². The lowest BCUT2D eigenvalue weighted by atomic mass is 10.1. The summed E-state index contributed by atoms with van der Waals surface area (Å²) in [5.41, 5.74) is 0. The third-order valence-electron chi connectivity index (χ3n) is 3.14. The number of thiophene rings is 1. The van der Waals surface area contributed by atoms with Crippen molar-refractivity contribution in [3.63, 3.8) is 0 Å². The molecule has 1 aliphatic rings. The average Bonchev–Trinajstić information content (AvgIpc) is 2.92. The van der Waals surface area contributed by atoms with E-state index in [2.05, 4.69) is 10.6 Å². The van der Waals surface area contributed by atoms with Crippen LogP contribution in [0.1, 0.15) is 22.5 Å². The van der Waals surface area contributed by atoms with E-state index in [1.165, 1.54) is 11.3 Å². The van der Waals surface area contributed by atoms with Crippen molar-refractivity contribution >= 4 is 23.2 Å². The van der Waals surface area contributed by atoms with Crippen LogP contribution in [-0.2, 0) is 4.79 Å². The normalized spacial score (nSPS) is 19.2. The van der Waals surface area contributed by atoms with Gasteiger partial charge in [-0.25, -0.2) is 0 Å². The molecule has 2 amide bonds. The number of hydrogen-bond acceptors (Lipinski definition) is 4. The molecule has 1 atom stereocenters. The van der Waals surface area contributed by atoms with Gasteiger partial charge in [-0.05, 0) is 31.3 Å². The number of nitrogens with zero attached hydrogens (tertiary/aromatic N) is 1. The standard InChI is InChI=1S/C13H19N3O2S/c1-14-8-12(17)15-10-4-2-6-16(9-10)13(18)11-5-3-7-19-11/h3,5,7,10,14H,2,4,6,8-9H2,1H3,(H,15,17). The average molecular weight is 281 g/mol. The van der Waals surface area contributed by atoms with Gasteiger partial charge in [0.25, 0.3) is 5.91 Å². The monoisotopic (exact) mass is 281 g/mol. The van der Waals surface area contributed by atoms with Gasteiger partial charge in [-0.3, -0.25) is 9.59 Å². The molecular formula is C13H19N3O2S. The summed E-state index contributed by atoms with van der Waals surface area (Å²) < 4.78 is 0. The molecule has 5 nitrogen and oxygen atoms in total. The number of amides is 2. The van der Waals surface area contributed by atoms with Crippen molar-refractivity contribution < 1.29 is 9.59 Å². The van der Waals surface area contributed by atoms with Gasteiger partial charge >= 0.3 is 0 Å². The molecule has 1 aliphatic heterocycles. The maximum absolute atomic E-state index is 12.2. The quantitative estimate of drug-likeness (QED) is 0.853. The molecule has 0 saturated carbocycles. The second-order valence-electron chi connectivity index (χ2n) is 4.67. The molecule has 1 aromatic heterocycles. The molecule has 2 N–H and O–H groups in total. The van der Waals surface area contributed by atoms with Crippen LogP contribution in [0.2, 0.25) is 0 Å². The number of likely N-dealkylation sites (tertiary alicyclic amines) is 1. The number of carbonyl (C=O) groups excluding carboxylic acids is 2. The first kappa shape index (κ1) is 14.0. The molecule has 104 valence electrons. The van der Waals surface area contributed by atoms with Gasteiger partial charge in [0.2, 0.25) is 5.91 Å². The first-order valence-electron chi connectivity index (χ1n) is 6.47. The lowest BCUT2D eigenvalue weighted by Crippen LogP contribution is -2.50. The van der Waals surface area contributed by atoms with Crippen LogP contribution in [0.25, 0.3) is 0 Å². The lowest BCUT2D eigenvalue weighted by Gasteiger charge is -2.33. The predicted molar refractivity (Wildman–Crippen MR) is 75.3 cm³/mol. The molecule has 2 rings (SSSR count). The highest BCUT2D eigenvalue weighted by atomic mass is 32.1. The Balaban J connectivity index is 1.90. The molecular weight excluding hydrogens is 262 g/mol. The Morgan fingerprint density at radius 3 is 3.05 bits per heavy atom. The zero-order valence-corrected chi connectivity index (χ0v) is 11.8. The highest BCUT2D eigenvalue weighted by molar-refractivity contribution is 7.12. The molecule has 2 heterocycles. The SMILES string of the molecule is CNCC(=O)NC1CCCN(C(=O)c2cccs2)C1. The van der Waals surface area contributed by atoms with Gasteiger partial charge in [0.1, 0.15) is 0 Å². The number of hydrogen-bond donors (Lipinski definition) is 2. The van der Waals surface area contributed by atoms with Gasteiger partial charge in [-0.1, -0.05) is 6.07 Å². The van der Waals surface area contributed by atoms with Crippen LogP contribution in [0.4, 0.5) is 0 Å². The van der Waals surface area contributed by atoms with Crippen molar-refractivity contribution in [1.82, 2.24) is 15.5 Å². The second kappa shape index (κ2) is 6.68. The van der Waals surface area contributed by atoms with E-state index in [0.717, 1.165) is 24.3 Å². The molecule has 0 bridgehead atoms. The predicted octanol–water partition coefficient (Wildman–Crippen LogP) is 0.688. The fraction of sp³-hybridized carbons (Fsp3) is 0.538. The topological polar surface area (TPSA) is 61.4 Å². The molecule has 0 radical (unpaired) electrons. The first-order valence-corrected chi connectivity index (χ1v) is 7.35. The lowest BCUT2D eigenvalue weighted by molar-refractivity contribution is -0.121. The summed E-state index contributed by atoms with van der Waals surface area (Å²) in [7, 11) is 1.74. The van der Waals surface area contributed by atoms with Crippen LogP contribution in [0, 0.1) is 0 Å². The minimum atomic E-state index is -0.0158. The van der Waals surface area contributed by atoms with E-state index < -0.39 is 0 Å². The third-order valence-corrected chi connectivity index (χ3v) is 4.00. The Kier molecular flexibility index (Phi) is 4.93. The Labute approximate surface area is 117 Å². The maximum atomic E-state index is 12.2. The highest BCUT2D eigenvalue weighted by Gasteiger charge is 2.25. The number of carbonyl (C=O) groups is 2. The summed E-state index contributed by atoms with van der Waals surface area (Å²) in [6, 6.07) is 3.79. The van der Waals surface area contributed by atoms with Gasteiger partial charge < -0.3 is 15.5 Å². The molecule has 1 aromatic rings. The molecule has 0 spiro atoms. The Morgan fingerprint density at radius 2 is 2.37 bits per heavy atom. The second-order valence-corrected chi connectivity index (χ2v) is 5.61. The third kappa shape index (κ3) is 3.78. The van der Waals surface area contributed by atoms with Crippen LogP contribution in [0.5, 0.6) is 0 Å². The summed E-state index contributed by atoms with van der Waals surface area (Å²) in [5.74, 6) is 0.0560. The van der Waals surface area contributed by atoms with E-state index in [0.29, 0.717) is 13.1 Å². The van der Waals surface area contributed by atoms with Crippen molar-refractivity contribution in [3.8, 4) is 0 Å². The van der Waals surface area contributed by atoms with Gasteiger partial charge in [0.05, 0.1) is 11.4 Å². The van der Waals surface area contributed by atoms with E-state index in [1.54, 1.807) is 7.05 Å². The fourth-order valence-corrected chi connectivity index (χ4v) is 2.97. The molecule has 6 heteroatoms. The van der Waals surface area contributed by atoms with Crippen LogP contribution in [0.15, 0.2) is 17.5 Å². The molecule has 1 fully saturated rings. The first-order chi connectivity index (χ1) is 9.20. The summed E-state index contributed by atoms with van der Waals surface area (Å²) in [5, 5.41) is 7.69. The van der Waals surface area contributed by atoms with Crippen LogP contribution in [-0.4, -0.2) is 49.4 Å². The molecule has 19 heavy (non-hydrogen) atoms. The molecule has 1 unspecified atom stereocenters. The van der Waals surface area contributed by atoms with Crippen molar-refractivity contribution in [2.45, 2.75) is 18.9 Å². The Bertz CT molecular complexity index is 433. The summed E-state index contributed by atoms with van der Waals surface area (Å²) in [6.07, 6.45) is 1.87. The zero-order valence-electron chi connectivity index (χ0n) is 11.0. The highest BCUT2D eigenvalue weighted by Crippen LogP contribution is 2.16. The maximum Gasteiger partial charge on any atom is 0.263 e. The van der Waals surface area contributed by atoms with Crippen LogP contribution < -0.4 is 10.6 Å². The Morgan fingerprint density at radius 1 is 1.53 bits per heavy atom. The van der Waals surface area contributed by atoms with Gasteiger partial charge in [0.15, 0.2) is 0 Å². The van der Waals surface area contributed by atoms with Crippen molar-refractivity contribution in [2.24, 2.45) is 0 Å². The molecule has 1 saturated heterocycles. The van der Waals surface area contributed by atoms with Gasteiger partial charge in [-0.15, -0.1) is 11.3 Å². The number of nitrogens with one attached hydrogen (secondary N) is 2. The minimum absolute atomic E-state index is 0.0158. The zero-order chi connectivity index (χ0) is 13.7. The van der Waals surface area contributed by atoms with Crippen LogP contribution in [0.3, 0.4) is 0 Å². The summed E-state index contributed by atoms with van der Waals surface area (Å²) >= 11 is 1.46. The van der Waals surface area contributed by atoms with E-state index in [1.807, 2.05) is 22.4 Å². The van der Waals surface area contributed by atoms with Crippen LogP contribution >= 0.6 is 11.3 Å². The van der Waals surface area contributed by atoms with Crippen molar-refractivity contribution in [3.05, 3.63) is 22.4 Å². The summed E-state index contributed by atoms with van der Waals surface area (Å²) in [6.45, 7) is 1.69. The van der Waals surface area contributed by atoms with E-state index in [4.69, 9.17) is 0 Å². The van der Waals surface area contributed by atoms with E-state index in [-0.39, 0.29) is 17.9 Å². The molecule has 0 aromatic carbocycles.